The molecule has 0 saturated heterocycles. The molecule has 0 aliphatic carbocycles. The van der Waals surface area contributed by atoms with Crippen LogP contribution >= 0.6 is 0 Å². The summed E-state index contributed by atoms with van der Waals surface area (Å²) in [5.74, 6) is -3.00. The summed E-state index contributed by atoms with van der Waals surface area (Å²) in [5.41, 5.74) is -0.184. The van der Waals surface area contributed by atoms with Gasteiger partial charge in [0.2, 0.25) is 5.91 Å². The Morgan fingerprint density at radius 2 is 1.93 bits per heavy atom. The summed E-state index contributed by atoms with van der Waals surface area (Å²) < 4.78 is 33.2. The predicted octanol–water partition coefficient (Wildman–Crippen LogP) is 3.77. The minimum atomic E-state index is -0.890. The standard InChI is InChI=1S/C21H18F2N2O5/c1-12(9-13(2)25(28)29)20(26)24-11-15-8-7-14(10-18(15)23)16-5-4-6-17(22)19(16)21(27)30-3/h4-10H,2,11H2,1,3H3,(H,24,26)/b12-9+. The van der Waals surface area contributed by atoms with Gasteiger partial charge in [0.05, 0.1) is 12.0 Å². The number of nitrogens with one attached hydrogen (secondary N) is 1. The van der Waals surface area contributed by atoms with Gasteiger partial charge in [-0.3, -0.25) is 14.9 Å². The lowest BCUT2D eigenvalue weighted by Crippen LogP contribution is -2.24. The van der Waals surface area contributed by atoms with Crippen molar-refractivity contribution < 1.29 is 28.0 Å². The van der Waals surface area contributed by atoms with E-state index in [2.05, 4.69) is 16.6 Å². The Morgan fingerprint density at radius 1 is 1.23 bits per heavy atom. The first-order valence-electron chi connectivity index (χ1n) is 8.61. The number of rotatable bonds is 7. The number of allylic oxidation sites excluding steroid dienone is 1. The number of nitrogens with zero attached hydrogens (tertiary/aromatic N) is 1. The molecule has 2 rings (SSSR count). The third-order valence-corrected chi connectivity index (χ3v) is 4.18. The van der Waals surface area contributed by atoms with Crippen LogP contribution in [0.25, 0.3) is 11.1 Å². The average molecular weight is 416 g/mol. The van der Waals surface area contributed by atoms with Crippen molar-refractivity contribution in [2.75, 3.05) is 7.11 Å². The van der Waals surface area contributed by atoms with E-state index in [0.717, 1.165) is 25.3 Å². The third kappa shape index (κ3) is 5.13. The fourth-order valence-electron chi connectivity index (χ4n) is 2.62. The molecule has 7 nitrogen and oxygen atoms in total. The molecular formula is C21H18F2N2O5. The van der Waals surface area contributed by atoms with Crippen molar-refractivity contribution in [2.24, 2.45) is 0 Å². The van der Waals surface area contributed by atoms with Gasteiger partial charge in [-0.05, 0) is 36.8 Å². The Labute approximate surface area is 170 Å². The van der Waals surface area contributed by atoms with Crippen molar-refractivity contribution in [1.29, 1.82) is 0 Å². The number of hydrogen-bond donors (Lipinski definition) is 1. The summed E-state index contributed by atoms with van der Waals surface area (Å²) >= 11 is 0. The molecule has 2 aromatic carbocycles. The number of halogens is 2. The van der Waals surface area contributed by atoms with Gasteiger partial charge in [-0.1, -0.05) is 24.3 Å². The van der Waals surface area contributed by atoms with E-state index < -0.39 is 34.1 Å². The number of carbonyl (C=O) groups is 2. The van der Waals surface area contributed by atoms with Gasteiger partial charge in [-0.15, -0.1) is 0 Å². The molecule has 0 aliphatic rings. The van der Waals surface area contributed by atoms with E-state index >= 15 is 0 Å². The van der Waals surface area contributed by atoms with Gasteiger partial charge in [0.25, 0.3) is 5.70 Å². The number of hydrogen-bond acceptors (Lipinski definition) is 5. The fourth-order valence-corrected chi connectivity index (χ4v) is 2.62. The van der Waals surface area contributed by atoms with Crippen molar-refractivity contribution >= 4 is 11.9 Å². The molecule has 0 bridgehead atoms. The molecule has 0 fully saturated rings. The Bertz CT molecular complexity index is 1060. The monoisotopic (exact) mass is 416 g/mol. The van der Waals surface area contributed by atoms with Crippen molar-refractivity contribution in [3.8, 4) is 11.1 Å². The predicted molar refractivity (Wildman–Crippen MR) is 105 cm³/mol. The highest BCUT2D eigenvalue weighted by atomic mass is 19.1. The number of esters is 1. The molecule has 9 heteroatoms. The van der Waals surface area contributed by atoms with Gasteiger partial charge in [0.15, 0.2) is 0 Å². The van der Waals surface area contributed by atoms with Crippen molar-refractivity contribution in [1.82, 2.24) is 5.32 Å². The zero-order valence-electron chi connectivity index (χ0n) is 16.2. The van der Waals surface area contributed by atoms with E-state index in [1.165, 1.54) is 31.2 Å². The van der Waals surface area contributed by atoms with Crippen LogP contribution in [-0.2, 0) is 16.1 Å². The van der Waals surface area contributed by atoms with Crippen molar-refractivity contribution in [3.05, 3.63) is 93.2 Å². The normalized spacial score (nSPS) is 11.0. The van der Waals surface area contributed by atoms with Crippen LogP contribution in [0.2, 0.25) is 0 Å². The maximum atomic E-state index is 14.5. The van der Waals surface area contributed by atoms with Gasteiger partial charge in [0, 0.05) is 23.8 Å². The first-order valence-corrected chi connectivity index (χ1v) is 8.61. The highest BCUT2D eigenvalue weighted by Gasteiger charge is 2.19. The molecule has 0 aromatic heterocycles. The summed E-state index contributed by atoms with van der Waals surface area (Å²) in [6, 6.07) is 7.91. The number of nitro groups is 1. The van der Waals surface area contributed by atoms with Gasteiger partial charge >= 0.3 is 5.97 Å². The smallest absolute Gasteiger partial charge is 0.341 e. The molecule has 1 N–H and O–H groups in total. The topological polar surface area (TPSA) is 98.5 Å². The highest BCUT2D eigenvalue weighted by Crippen LogP contribution is 2.28. The zero-order chi connectivity index (χ0) is 22.4. The van der Waals surface area contributed by atoms with Crippen LogP contribution in [0.4, 0.5) is 8.78 Å². The lowest BCUT2D eigenvalue weighted by molar-refractivity contribution is -0.418. The van der Waals surface area contributed by atoms with E-state index in [4.69, 9.17) is 0 Å². The number of benzene rings is 2. The summed E-state index contributed by atoms with van der Waals surface area (Å²) in [4.78, 5) is 33.7. The molecule has 0 aliphatic heterocycles. The third-order valence-electron chi connectivity index (χ3n) is 4.18. The van der Waals surface area contributed by atoms with Gasteiger partial charge in [0.1, 0.15) is 17.2 Å². The molecule has 1 amide bonds. The summed E-state index contributed by atoms with van der Waals surface area (Å²) in [5, 5.41) is 13.0. The first kappa shape index (κ1) is 22.4. The van der Waals surface area contributed by atoms with Crippen LogP contribution in [0.1, 0.15) is 22.8 Å². The van der Waals surface area contributed by atoms with Gasteiger partial charge in [-0.25, -0.2) is 13.6 Å². The van der Waals surface area contributed by atoms with E-state index in [1.807, 2.05) is 0 Å². The molecule has 0 radical (unpaired) electrons. The highest BCUT2D eigenvalue weighted by molar-refractivity contribution is 5.97. The minimum Gasteiger partial charge on any atom is -0.465 e. The number of methoxy groups -OCH3 is 1. The maximum Gasteiger partial charge on any atom is 0.341 e. The molecule has 0 spiro atoms. The second-order valence-corrected chi connectivity index (χ2v) is 6.22. The summed E-state index contributed by atoms with van der Waals surface area (Å²) in [7, 11) is 1.11. The lowest BCUT2D eigenvalue weighted by Gasteiger charge is -2.11. The van der Waals surface area contributed by atoms with Gasteiger partial charge in [-0.2, -0.15) is 0 Å². The summed E-state index contributed by atoms with van der Waals surface area (Å²) in [6.45, 7) is 4.38. The van der Waals surface area contributed by atoms with E-state index in [-0.39, 0.29) is 34.4 Å². The molecular weight excluding hydrogens is 398 g/mol. The quantitative estimate of drug-likeness (QED) is 0.244. The Kier molecular flexibility index (Phi) is 7.13. The average Bonchev–Trinajstić information content (AvgIpc) is 2.71. The Hall–Kier alpha value is -3.88. The molecule has 0 heterocycles. The number of carbonyl (C=O) groups excluding carboxylic acids is 2. The van der Waals surface area contributed by atoms with Gasteiger partial charge < -0.3 is 10.1 Å². The second kappa shape index (κ2) is 9.55. The van der Waals surface area contributed by atoms with Crippen LogP contribution in [0.3, 0.4) is 0 Å². The summed E-state index contributed by atoms with van der Waals surface area (Å²) in [6.07, 6.45) is 1.01. The molecule has 0 atom stereocenters. The maximum absolute atomic E-state index is 14.5. The van der Waals surface area contributed by atoms with E-state index in [9.17, 15) is 28.5 Å². The number of ether oxygens (including phenoxy) is 1. The molecule has 156 valence electrons. The van der Waals surface area contributed by atoms with E-state index in [0.29, 0.717) is 0 Å². The first-order chi connectivity index (χ1) is 14.1. The molecule has 0 unspecified atom stereocenters. The fraction of sp³-hybridized carbons (Fsp3) is 0.143. The van der Waals surface area contributed by atoms with Crippen molar-refractivity contribution in [3.63, 3.8) is 0 Å². The van der Waals surface area contributed by atoms with Crippen LogP contribution in [0.15, 0.2) is 60.3 Å². The Balaban J connectivity index is 2.22. The van der Waals surface area contributed by atoms with Crippen LogP contribution in [0.5, 0.6) is 0 Å². The Morgan fingerprint density at radius 3 is 2.53 bits per heavy atom. The largest absolute Gasteiger partial charge is 0.465 e. The lowest BCUT2D eigenvalue weighted by atomic mass is 9.98. The zero-order valence-corrected chi connectivity index (χ0v) is 16.2. The number of amides is 1. The minimum absolute atomic E-state index is 0.0382. The molecule has 0 saturated carbocycles. The van der Waals surface area contributed by atoms with Crippen LogP contribution in [-0.4, -0.2) is 23.9 Å². The molecule has 2 aromatic rings. The molecule has 30 heavy (non-hydrogen) atoms. The van der Waals surface area contributed by atoms with Crippen LogP contribution in [0, 0.1) is 21.7 Å². The van der Waals surface area contributed by atoms with Crippen molar-refractivity contribution in [2.45, 2.75) is 13.5 Å². The second-order valence-electron chi connectivity index (χ2n) is 6.22. The SMILES string of the molecule is C=C(/C=C(\C)C(=O)NCc1ccc(-c2cccc(F)c2C(=O)OC)cc1F)[N+](=O)[O-]. The van der Waals surface area contributed by atoms with Crippen LogP contribution < -0.4 is 5.32 Å². The van der Waals surface area contributed by atoms with E-state index in [1.54, 1.807) is 0 Å².